The van der Waals surface area contributed by atoms with Gasteiger partial charge >= 0.3 is 6.18 Å². The summed E-state index contributed by atoms with van der Waals surface area (Å²) in [6.45, 7) is 0. The van der Waals surface area contributed by atoms with Crippen LogP contribution in [-0.2, 0) is 11.0 Å². The Labute approximate surface area is 154 Å². The van der Waals surface area contributed by atoms with E-state index < -0.39 is 23.3 Å². The molecule has 0 fully saturated rings. The van der Waals surface area contributed by atoms with Crippen LogP contribution in [0.1, 0.15) is 11.1 Å². The maximum atomic E-state index is 13.0. The fourth-order valence-electron chi connectivity index (χ4n) is 2.24. The molecule has 0 aliphatic carbocycles. The van der Waals surface area contributed by atoms with Crippen LogP contribution in [-0.4, -0.2) is 13.0 Å². The van der Waals surface area contributed by atoms with Crippen LogP contribution in [0.25, 0.3) is 6.08 Å². The van der Waals surface area contributed by atoms with E-state index in [0.717, 1.165) is 17.7 Å². The Bertz CT molecular complexity index is 925. The molecule has 1 amide bonds. The van der Waals surface area contributed by atoms with Gasteiger partial charge in [0.25, 0.3) is 5.91 Å². The molecule has 0 aromatic heterocycles. The Balaban J connectivity index is 2.21. The summed E-state index contributed by atoms with van der Waals surface area (Å²) in [5, 5.41) is 11.3. The summed E-state index contributed by atoms with van der Waals surface area (Å²) in [5.74, 6) is -0.330. The van der Waals surface area contributed by atoms with Gasteiger partial charge < -0.3 is 10.1 Å². The van der Waals surface area contributed by atoms with Crippen LogP contribution in [0.5, 0.6) is 5.75 Å². The van der Waals surface area contributed by atoms with Crippen molar-refractivity contribution in [1.82, 2.24) is 0 Å². The SMILES string of the molecule is COc1ccccc1/C=C/C=C(\C#N)C(=O)Nc1ccccc1C(F)(F)F. The van der Waals surface area contributed by atoms with Gasteiger partial charge in [-0.2, -0.15) is 18.4 Å². The van der Waals surface area contributed by atoms with Gasteiger partial charge in [-0.15, -0.1) is 0 Å². The molecule has 7 heteroatoms. The number of nitrogens with zero attached hydrogens (tertiary/aromatic N) is 1. The molecular weight excluding hydrogens is 357 g/mol. The molecule has 27 heavy (non-hydrogen) atoms. The lowest BCUT2D eigenvalue weighted by molar-refractivity contribution is -0.137. The van der Waals surface area contributed by atoms with Gasteiger partial charge in [0.1, 0.15) is 17.4 Å². The molecule has 1 N–H and O–H groups in total. The maximum absolute atomic E-state index is 13.0. The smallest absolute Gasteiger partial charge is 0.418 e. The first-order valence-electron chi connectivity index (χ1n) is 7.76. The second kappa shape index (κ2) is 8.72. The summed E-state index contributed by atoms with van der Waals surface area (Å²) in [6, 6.07) is 13.3. The zero-order valence-electron chi connectivity index (χ0n) is 14.2. The average Bonchev–Trinajstić information content (AvgIpc) is 2.65. The lowest BCUT2D eigenvalue weighted by Crippen LogP contribution is -2.17. The third-order valence-corrected chi connectivity index (χ3v) is 3.52. The summed E-state index contributed by atoms with van der Waals surface area (Å²) in [4.78, 5) is 12.2. The number of methoxy groups -OCH3 is 1. The highest BCUT2D eigenvalue weighted by Gasteiger charge is 2.33. The molecule has 0 saturated heterocycles. The van der Waals surface area contributed by atoms with Crippen molar-refractivity contribution in [2.24, 2.45) is 0 Å². The number of ether oxygens (including phenoxy) is 1. The van der Waals surface area contributed by atoms with Crippen LogP contribution in [0.4, 0.5) is 18.9 Å². The van der Waals surface area contributed by atoms with Crippen LogP contribution in [0.3, 0.4) is 0 Å². The number of hydrogen-bond acceptors (Lipinski definition) is 3. The second-order valence-electron chi connectivity index (χ2n) is 5.29. The molecule has 0 saturated carbocycles. The number of para-hydroxylation sites is 2. The highest BCUT2D eigenvalue weighted by atomic mass is 19.4. The second-order valence-corrected chi connectivity index (χ2v) is 5.29. The van der Waals surface area contributed by atoms with Crippen molar-refractivity contribution >= 4 is 17.7 Å². The molecule has 2 aromatic carbocycles. The van der Waals surface area contributed by atoms with E-state index in [9.17, 15) is 18.0 Å². The predicted molar refractivity (Wildman–Crippen MR) is 95.8 cm³/mol. The summed E-state index contributed by atoms with van der Waals surface area (Å²) in [6.07, 6.45) is -0.332. The monoisotopic (exact) mass is 372 g/mol. The van der Waals surface area contributed by atoms with Gasteiger partial charge in [0.2, 0.25) is 0 Å². The van der Waals surface area contributed by atoms with Crippen molar-refractivity contribution in [2.75, 3.05) is 12.4 Å². The van der Waals surface area contributed by atoms with Gasteiger partial charge in [0.05, 0.1) is 18.4 Å². The number of nitriles is 1. The number of carbonyl (C=O) groups excluding carboxylic acids is 1. The van der Waals surface area contributed by atoms with Gasteiger partial charge in [-0.25, -0.2) is 0 Å². The Morgan fingerprint density at radius 1 is 1.15 bits per heavy atom. The number of halogens is 3. The Morgan fingerprint density at radius 2 is 1.81 bits per heavy atom. The first-order valence-corrected chi connectivity index (χ1v) is 7.76. The van der Waals surface area contributed by atoms with Crippen LogP contribution < -0.4 is 10.1 Å². The van der Waals surface area contributed by atoms with E-state index in [-0.39, 0.29) is 5.57 Å². The van der Waals surface area contributed by atoms with Crippen LogP contribution in [0.2, 0.25) is 0 Å². The molecule has 0 atom stereocenters. The summed E-state index contributed by atoms with van der Waals surface area (Å²) in [7, 11) is 1.51. The minimum atomic E-state index is -4.62. The van der Waals surface area contributed by atoms with Gasteiger partial charge in [-0.05, 0) is 24.3 Å². The molecule has 0 spiro atoms. The van der Waals surface area contributed by atoms with E-state index in [1.165, 1.54) is 31.4 Å². The largest absolute Gasteiger partial charge is 0.496 e. The standard InChI is InChI=1S/C20H15F3N2O2/c1-27-18-12-5-2-7-14(18)8-6-9-15(13-24)19(26)25-17-11-4-3-10-16(17)20(21,22)23/h2-12H,1H3,(H,25,26)/b8-6+,15-9+. The average molecular weight is 372 g/mol. The first-order chi connectivity index (χ1) is 12.9. The first kappa shape index (κ1) is 19.8. The van der Waals surface area contributed by atoms with Crippen molar-refractivity contribution in [3.05, 3.63) is 77.4 Å². The molecule has 0 aliphatic heterocycles. The number of hydrogen-bond donors (Lipinski definition) is 1. The number of nitrogens with one attached hydrogen (secondary N) is 1. The van der Waals surface area contributed by atoms with E-state index in [2.05, 4.69) is 5.32 Å². The lowest BCUT2D eigenvalue weighted by Gasteiger charge is -2.13. The van der Waals surface area contributed by atoms with Crippen molar-refractivity contribution in [1.29, 1.82) is 5.26 Å². The van der Waals surface area contributed by atoms with Crippen molar-refractivity contribution < 1.29 is 22.7 Å². The molecule has 0 aliphatic rings. The minimum absolute atomic E-state index is 0.335. The Hall–Kier alpha value is -3.53. The normalized spacial score (nSPS) is 11.9. The number of benzene rings is 2. The van der Waals surface area contributed by atoms with Gasteiger partial charge in [0, 0.05) is 5.56 Å². The summed E-state index contributed by atoms with van der Waals surface area (Å²) in [5.41, 5.74) is -1.01. The minimum Gasteiger partial charge on any atom is -0.496 e. The fraction of sp³-hybridized carbons (Fsp3) is 0.100. The van der Waals surface area contributed by atoms with Gasteiger partial charge in [-0.1, -0.05) is 42.5 Å². The zero-order chi connectivity index (χ0) is 19.9. The quantitative estimate of drug-likeness (QED) is 0.465. The van der Waals surface area contributed by atoms with Crippen molar-refractivity contribution in [3.8, 4) is 11.8 Å². The van der Waals surface area contributed by atoms with Crippen molar-refractivity contribution in [2.45, 2.75) is 6.18 Å². The zero-order valence-corrected chi connectivity index (χ0v) is 14.2. The molecule has 2 aromatic rings. The molecule has 0 unspecified atom stereocenters. The number of amides is 1. The van der Waals surface area contributed by atoms with E-state index in [1.54, 1.807) is 36.4 Å². The molecule has 2 rings (SSSR count). The number of alkyl halides is 3. The third-order valence-electron chi connectivity index (χ3n) is 3.52. The highest BCUT2D eigenvalue weighted by Crippen LogP contribution is 2.34. The molecular formula is C20H15F3N2O2. The number of rotatable bonds is 5. The van der Waals surface area contributed by atoms with E-state index in [1.807, 2.05) is 0 Å². The van der Waals surface area contributed by atoms with Gasteiger partial charge in [0.15, 0.2) is 0 Å². The molecule has 0 bridgehead atoms. The van der Waals surface area contributed by atoms with Crippen LogP contribution in [0.15, 0.2) is 66.3 Å². The molecule has 0 heterocycles. The highest BCUT2D eigenvalue weighted by molar-refractivity contribution is 6.07. The van der Waals surface area contributed by atoms with Crippen LogP contribution in [0, 0.1) is 11.3 Å². The van der Waals surface area contributed by atoms with E-state index >= 15 is 0 Å². The number of allylic oxidation sites excluding steroid dienone is 2. The predicted octanol–water partition coefficient (Wildman–Crippen LogP) is 4.82. The fourth-order valence-corrected chi connectivity index (χ4v) is 2.24. The number of carbonyl (C=O) groups is 1. The van der Waals surface area contributed by atoms with Crippen LogP contribution >= 0.6 is 0 Å². The third kappa shape index (κ3) is 5.22. The van der Waals surface area contributed by atoms with E-state index in [4.69, 9.17) is 10.00 Å². The summed E-state index contributed by atoms with van der Waals surface area (Å²) >= 11 is 0. The van der Waals surface area contributed by atoms with E-state index in [0.29, 0.717) is 5.75 Å². The van der Waals surface area contributed by atoms with Crippen molar-refractivity contribution in [3.63, 3.8) is 0 Å². The number of anilines is 1. The van der Waals surface area contributed by atoms with Gasteiger partial charge in [-0.3, -0.25) is 4.79 Å². The maximum Gasteiger partial charge on any atom is 0.418 e. The summed E-state index contributed by atoms with van der Waals surface area (Å²) < 4.78 is 44.1. The Kier molecular flexibility index (Phi) is 6.39. The molecule has 138 valence electrons. The lowest BCUT2D eigenvalue weighted by atomic mass is 10.1. The molecule has 0 radical (unpaired) electrons. The molecule has 4 nitrogen and oxygen atoms in total. The Morgan fingerprint density at radius 3 is 2.48 bits per heavy atom. The topological polar surface area (TPSA) is 62.1 Å².